The topological polar surface area (TPSA) is 42.1 Å². The minimum Gasteiger partial charge on any atom is -0.469 e. The molecule has 0 unspecified atom stereocenters. The molecule has 0 bridgehead atoms. The molecule has 1 N–H and O–H groups in total. The summed E-state index contributed by atoms with van der Waals surface area (Å²) in [5.74, 6) is 0.666. The molecule has 1 aromatic heterocycles. The first-order chi connectivity index (χ1) is 8.11. The van der Waals surface area contributed by atoms with Gasteiger partial charge in [0.1, 0.15) is 0 Å². The maximum Gasteiger partial charge on any atom is 0.308 e. The van der Waals surface area contributed by atoms with Gasteiger partial charge < -0.3 is 9.72 Å². The zero-order valence-corrected chi connectivity index (χ0v) is 10.9. The van der Waals surface area contributed by atoms with Gasteiger partial charge in [-0.15, -0.1) is 0 Å². The van der Waals surface area contributed by atoms with Crippen molar-refractivity contribution in [2.75, 3.05) is 7.11 Å². The number of methoxy groups -OCH3 is 1. The minimum atomic E-state index is -0.0395. The first-order valence-electron chi connectivity index (χ1n) is 6.35. The third-order valence-electron chi connectivity index (χ3n) is 4.00. The summed E-state index contributed by atoms with van der Waals surface area (Å²) >= 11 is 0. The largest absolute Gasteiger partial charge is 0.469 e. The third-order valence-corrected chi connectivity index (χ3v) is 4.00. The lowest BCUT2D eigenvalue weighted by Crippen LogP contribution is -2.22. The summed E-state index contributed by atoms with van der Waals surface area (Å²) in [6, 6.07) is 2.25. The van der Waals surface area contributed by atoms with Gasteiger partial charge in [-0.05, 0) is 57.1 Å². The average molecular weight is 235 g/mol. The Morgan fingerprint density at radius 3 is 2.41 bits per heavy atom. The van der Waals surface area contributed by atoms with Gasteiger partial charge in [0, 0.05) is 11.4 Å². The van der Waals surface area contributed by atoms with E-state index in [9.17, 15) is 4.79 Å². The number of nitrogens with one attached hydrogen (secondary N) is 1. The molecule has 2 rings (SSSR count). The average Bonchev–Trinajstić information content (AvgIpc) is 2.69. The summed E-state index contributed by atoms with van der Waals surface area (Å²) < 4.78 is 4.81. The number of aromatic nitrogens is 1. The summed E-state index contributed by atoms with van der Waals surface area (Å²) in [6.45, 7) is 4.24. The van der Waals surface area contributed by atoms with E-state index in [-0.39, 0.29) is 11.9 Å². The lowest BCUT2D eigenvalue weighted by Gasteiger charge is -2.26. The van der Waals surface area contributed by atoms with Gasteiger partial charge in [-0.25, -0.2) is 0 Å². The van der Waals surface area contributed by atoms with Gasteiger partial charge >= 0.3 is 5.97 Å². The van der Waals surface area contributed by atoms with Gasteiger partial charge in [0.2, 0.25) is 0 Å². The van der Waals surface area contributed by atoms with Crippen LogP contribution in [0.25, 0.3) is 0 Å². The van der Waals surface area contributed by atoms with Gasteiger partial charge in [0.25, 0.3) is 0 Å². The van der Waals surface area contributed by atoms with Crippen LogP contribution in [0.5, 0.6) is 0 Å². The van der Waals surface area contributed by atoms with Gasteiger partial charge in [-0.1, -0.05) is 0 Å². The molecule has 1 aliphatic carbocycles. The smallest absolute Gasteiger partial charge is 0.308 e. The van der Waals surface area contributed by atoms with Crippen LogP contribution < -0.4 is 0 Å². The molecule has 3 heteroatoms. The summed E-state index contributed by atoms with van der Waals surface area (Å²) in [4.78, 5) is 14.9. The molecule has 1 saturated carbocycles. The Morgan fingerprint density at radius 2 is 1.94 bits per heavy atom. The predicted octanol–water partition coefficient (Wildman–Crippen LogP) is 3.08. The zero-order chi connectivity index (χ0) is 12.4. The van der Waals surface area contributed by atoms with Gasteiger partial charge in [-0.2, -0.15) is 0 Å². The fourth-order valence-electron chi connectivity index (χ4n) is 2.72. The maximum atomic E-state index is 11.4. The SMILES string of the molecule is COC(=O)C1CCC(c2cc(C)c(C)[nH]2)CC1. The van der Waals surface area contributed by atoms with E-state index in [1.54, 1.807) is 0 Å². The Morgan fingerprint density at radius 1 is 1.29 bits per heavy atom. The highest BCUT2D eigenvalue weighted by Crippen LogP contribution is 2.36. The molecule has 0 atom stereocenters. The van der Waals surface area contributed by atoms with Crippen molar-refractivity contribution < 1.29 is 9.53 Å². The normalized spacial score (nSPS) is 24.6. The van der Waals surface area contributed by atoms with E-state index in [1.807, 2.05) is 0 Å². The zero-order valence-electron chi connectivity index (χ0n) is 10.9. The molecule has 1 fully saturated rings. The fraction of sp³-hybridized carbons (Fsp3) is 0.643. The van der Waals surface area contributed by atoms with Gasteiger partial charge in [-0.3, -0.25) is 4.79 Å². The van der Waals surface area contributed by atoms with Crippen LogP contribution in [0.1, 0.15) is 48.6 Å². The van der Waals surface area contributed by atoms with Crippen LogP contribution in [0.15, 0.2) is 6.07 Å². The van der Waals surface area contributed by atoms with Crippen molar-refractivity contribution >= 4 is 5.97 Å². The van der Waals surface area contributed by atoms with E-state index in [0.29, 0.717) is 5.92 Å². The molecule has 0 radical (unpaired) electrons. The second-order valence-electron chi connectivity index (χ2n) is 5.10. The molecular weight excluding hydrogens is 214 g/mol. The van der Waals surface area contributed by atoms with Crippen LogP contribution in [0.4, 0.5) is 0 Å². The summed E-state index contributed by atoms with van der Waals surface area (Å²) in [7, 11) is 1.48. The first kappa shape index (κ1) is 12.2. The second-order valence-corrected chi connectivity index (χ2v) is 5.10. The summed E-state index contributed by atoms with van der Waals surface area (Å²) in [6.07, 6.45) is 4.07. The number of hydrogen-bond acceptors (Lipinski definition) is 2. The van der Waals surface area contributed by atoms with Crippen LogP contribution in [-0.2, 0) is 9.53 Å². The van der Waals surface area contributed by atoms with Crippen molar-refractivity contribution in [3.05, 3.63) is 23.0 Å². The first-order valence-corrected chi connectivity index (χ1v) is 6.35. The lowest BCUT2D eigenvalue weighted by atomic mass is 9.80. The Bertz CT molecular complexity index is 381. The van der Waals surface area contributed by atoms with Gasteiger partial charge in [0.05, 0.1) is 13.0 Å². The summed E-state index contributed by atoms with van der Waals surface area (Å²) in [5.41, 5.74) is 3.92. The number of hydrogen-bond donors (Lipinski definition) is 1. The minimum absolute atomic E-state index is 0.0395. The summed E-state index contributed by atoms with van der Waals surface area (Å²) in [5, 5.41) is 0. The van der Waals surface area contributed by atoms with E-state index in [1.165, 1.54) is 24.1 Å². The second kappa shape index (κ2) is 4.94. The molecule has 94 valence electrons. The number of carbonyl (C=O) groups excluding carboxylic acids is 1. The van der Waals surface area contributed by atoms with Crippen molar-refractivity contribution in [1.29, 1.82) is 0 Å². The number of ether oxygens (including phenoxy) is 1. The van der Waals surface area contributed by atoms with Crippen LogP contribution in [-0.4, -0.2) is 18.1 Å². The Labute approximate surface area is 103 Å². The number of carbonyl (C=O) groups is 1. The Hall–Kier alpha value is -1.25. The fourth-order valence-corrected chi connectivity index (χ4v) is 2.72. The van der Waals surface area contributed by atoms with E-state index >= 15 is 0 Å². The molecule has 0 saturated heterocycles. The molecule has 3 nitrogen and oxygen atoms in total. The number of rotatable bonds is 2. The highest BCUT2D eigenvalue weighted by Gasteiger charge is 2.28. The van der Waals surface area contributed by atoms with E-state index in [2.05, 4.69) is 24.9 Å². The van der Waals surface area contributed by atoms with Crippen LogP contribution in [0, 0.1) is 19.8 Å². The molecule has 1 aromatic rings. The van der Waals surface area contributed by atoms with Crippen molar-refractivity contribution in [1.82, 2.24) is 4.98 Å². The highest BCUT2D eigenvalue weighted by molar-refractivity contribution is 5.72. The standard InChI is InChI=1S/C14H21NO2/c1-9-8-13(15-10(9)2)11-4-6-12(7-5-11)14(16)17-3/h8,11-12,15H,4-7H2,1-3H3. The molecule has 0 aromatic carbocycles. The third kappa shape index (κ3) is 2.54. The van der Waals surface area contributed by atoms with E-state index < -0.39 is 0 Å². The molecular formula is C14H21NO2. The van der Waals surface area contributed by atoms with E-state index in [4.69, 9.17) is 4.74 Å². The monoisotopic (exact) mass is 235 g/mol. The maximum absolute atomic E-state index is 11.4. The van der Waals surface area contributed by atoms with Gasteiger partial charge in [0.15, 0.2) is 0 Å². The van der Waals surface area contributed by atoms with Crippen molar-refractivity contribution in [2.45, 2.75) is 45.4 Å². The molecule has 17 heavy (non-hydrogen) atoms. The quantitative estimate of drug-likeness (QED) is 0.800. The number of H-pyrrole nitrogens is 1. The van der Waals surface area contributed by atoms with Crippen molar-refractivity contribution in [2.24, 2.45) is 5.92 Å². The van der Waals surface area contributed by atoms with Crippen molar-refractivity contribution in [3.63, 3.8) is 0 Å². The Kier molecular flexibility index (Phi) is 3.55. The highest BCUT2D eigenvalue weighted by atomic mass is 16.5. The number of esters is 1. The van der Waals surface area contributed by atoms with Crippen LogP contribution in [0.2, 0.25) is 0 Å². The molecule has 1 aliphatic rings. The van der Waals surface area contributed by atoms with Crippen molar-refractivity contribution in [3.8, 4) is 0 Å². The molecule has 0 amide bonds. The van der Waals surface area contributed by atoms with Crippen LogP contribution >= 0.6 is 0 Å². The predicted molar refractivity (Wildman–Crippen MR) is 67.0 cm³/mol. The Balaban J connectivity index is 1.97. The van der Waals surface area contributed by atoms with Crippen LogP contribution in [0.3, 0.4) is 0 Å². The number of aromatic amines is 1. The lowest BCUT2D eigenvalue weighted by molar-refractivity contribution is -0.146. The van der Waals surface area contributed by atoms with E-state index in [0.717, 1.165) is 25.7 Å². The molecule has 0 spiro atoms. The molecule has 1 heterocycles. The molecule has 0 aliphatic heterocycles. The number of aryl methyl sites for hydroxylation is 2.